The molecule has 2 heterocycles. The maximum Gasteiger partial charge on any atom is 0.408 e. The van der Waals surface area contributed by atoms with Gasteiger partial charge >= 0.3 is 6.09 Å². The second-order valence-electron chi connectivity index (χ2n) is 12.1. The lowest BCUT2D eigenvalue weighted by molar-refractivity contribution is -0.147. The minimum Gasteiger partial charge on any atom is -0.445 e. The number of halogens is 2. The van der Waals surface area contributed by atoms with Crippen molar-refractivity contribution in [2.24, 2.45) is 17.8 Å². The van der Waals surface area contributed by atoms with Crippen LogP contribution in [-0.4, -0.2) is 76.0 Å². The molecule has 11 nitrogen and oxygen atoms in total. The molecular formula is C29H37Cl2N5O6. The van der Waals surface area contributed by atoms with E-state index in [-0.39, 0.29) is 31.4 Å². The summed E-state index contributed by atoms with van der Waals surface area (Å²) in [5.74, 6) is -2.65. The summed E-state index contributed by atoms with van der Waals surface area (Å²) in [4.78, 5) is 53.8. The monoisotopic (exact) mass is 621 g/mol. The Kier molecular flexibility index (Phi) is 9.60. The molecular weight excluding hydrogens is 585 g/mol. The third-order valence-electron chi connectivity index (χ3n) is 7.80. The lowest BCUT2D eigenvalue weighted by Crippen LogP contribution is -2.60. The standard InChI is InChI=1S/C29H37Cl2N5O6/c1-16(42-28(2,3)4)22(35-27(40)41-15-17-8-6-5-7-9-17)26(39)36-14-20-21(29(20,30)31)23(36)25(38)34-19(13-32)12-18-10-11-33-24(18)37/h5-9,16,18-23H,10-12,14-15H2,1-4H3,(H,33,37)(H,34,38)(H,35,40)/t16?,18-,19-,20-,21-,22-,23-/m0/s1. The first-order valence-corrected chi connectivity index (χ1v) is 14.8. The summed E-state index contributed by atoms with van der Waals surface area (Å²) >= 11 is 12.9. The quantitative estimate of drug-likeness (QED) is 0.340. The lowest BCUT2D eigenvalue weighted by Gasteiger charge is -2.36. The number of amides is 4. The van der Waals surface area contributed by atoms with Gasteiger partial charge in [0.05, 0.1) is 17.8 Å². The summed E-state index contributed by atoms with van der Waals surface area (Å²) in [7, 11) is 0. The van der Waals surface area contributed by atoms with Crippen LogP contribution in [0.25, 0.3) is 0 Å². The Labute approximate surface area is 255 Å². The van der Waals surface area contributed by atoms with Gasteiger partial charge < -0.3 is 30.3 Å². The first kappa shape index (κ1) is 31.9. The number of fused-ring (bicyclic) bond motifs is 1. The maximum atomic E-state index is 14.0. The van der Waals surface area contributed by atoms with E-state index in [4.69, 9.17) is 32.7 Å². The Hall–Kier alpha value is -3.07. The molecule has 42 heavy (non-hydrogen) atoms. The van der Waals surface area contributed by atoms with Gasteiger partial charge in [-0.05, 0) is 46.1 Å². The Balaban J connectivity index is 1.51. The van der Waals surface area contributed by atoms with E-state index in [1.54, 1.807) is 19.1 Å². The summed E-state index contributed by atoms with van der Waals surface area (Å²) in [6.07, 6.45) is -0.913. The van der Waals surface area contributed by atoms with E-state index in [0.717, 1.165) is 5.56 Å². The number of rotatable bonds is 10. The van der Waals surface area contributed by atoms with Crippen molar-refractivity contribution in [2.45, 2.75) is 81.3 Å². The third-order valence-corrected chi connectivity index (χ3v) is 8.87. The van der Waals surface area contributed by atoms with E-state index in [9.17, 15) is 24.4 Å². The van der Waals surface area contributed by atoms with Crippen LogP contribution in [0.2, 0.25) is 0 Å². The number of hydrogen-bond donors (Lipinski definition) is 3. The van der Waals surface area contributed by atoms with Crippen LogP contribution in [0.15, 0.2) is 30.3 Å². The Bertz CT molecular complexity index is 1230. The van der Waals surface area contributed by atoms with Crippen LogP contribution in [0.4, 0.5) is 4.79 Å². The highest BCUT2D eigenvalue weighted by Gasteiger charge is 2.74. The van der Waals surface area contributed by atoms with Crippen LogP contribution in [0.5, 0.6) is 0 Å². The molecule has 1 aliphatic carbocycles. The summed E-state index contributed by atoms with van der Waals surface area (Å²) in [6.45, 7) is 7.71. The highest BCUT2D eigenvalue weighted by Crippen LogP contribution is 2.65. The number of ether oxygens (including phenoxy) is 2. The molecule has 1 saturated carbocycles. The van der Waals surface area contributed by atoms with Crippen LogP contribution in [0, 0.1) is 29.1 Å². The third kappa shape index (κ3) is 7.28. The zero-order chi connectivity index (χ0) is 30.8. The van der Waals surface area contributed by atoms with Gasteiger partial charge in [-0.25, -0.2) is 4.79 Å². The molecule has 2 aliphatic heterocycles. The molecule has 1 aromatic rings. The normalized spacial score (nSPS) is 26.2. The van der Waals surface area contributed by atoms with Gasteiger partial charge in [0.15, 0.2) is 0 Å². The van der Waals surface area contributed by atoms with Gasteiger partial charge in [0.1, 0.15) is 29.1 Å². The van der Waals surface area contributed by atoms with Gasteiger partial charge in [-0.1, -0.05) is 30.3 Å². The molecule has 3 N–H and O–H groups in total. The van der Waals surface area contributed by atoms with E-state index in [0.29, 0.717) is 13.0 Å². The summed E-state index contributed by atoms with van der Waals surface area (Å²) < 4.78 is 10.2. The number of likely N-dealkylation sites (tertiary alicyclic amines) is 1. The molecule has 4 amide bonds. The lowest BCUT2D eigenvalue weighted by atomic mass is 9.98. The SMILES string of the molecule is CC(OC(C)(C)C)[C@H](NC(=O)OCc1ccccc1)C(=O)N1C[C@H]2[C@@H]([C@H]1C(=O)N[C@H](C#N)C[C@@H]1CCNC1=O)C2(Cl)Cl. The fourth-order valence-electron chi connectivity index (χ4n) is 5.76. The van der Waals surface area contributed by atoms with E-state index >= 15 is 0 Å². The van der Waals surface area contributed by atoms with E-state index < -0.39 is 63.9 Å². The molecule has 0 bridgehead atoms. The smallest absolute Gasteiger partial charge is 0.408 e. The highest BCUT2D eigenvalue weighted by molar-refractivity contribution is 6.51. The summed E-state index contributed by atoms with van der Waals surface area (Å²) in [6, 6.07) is 7.90. The summed E-state index contributed by atoms with van der Waals surface area (Å²) in [5, 5.41) is 17.8. The zero-order valence-corrected chi connectivity index (χ0v) is 25.6. The minimum atomic E-state index is -1.21. The second kappa shape index (κ2) is 12.7. The number of nitriles is 1. The predicted octanol–water partition coefficient (Wildman–Crippen LogP) is 2.65. The van der Waals surface area contributed by atoms with Gasteiger partial charge in [0.2, 0.25) is 17.7 Å². The maximum absolute atomic E-state index is 14.0. The van der Waals surface area contributed by atoms with Crippen LogP contribution >= 0.6 is 23.2 Å². The van der Waals surface area contributed by atoms with Crippen molar-refractivity contribution < 1.29 is 28.7 Å². The summed E-state index contributed by atoms with van der Waals surface area (Å²) in [5.41, 5.74) is 0.124. The molecule has 3 fully saturated rings. The Morgan fingerprint density at radius 2 is 1.90 bits per heavy atom. The van der Waals surface area contributed by atoms with Crippen molar-refractivity contribution in [3.05, 3.63) is 35.9 Å². The number of alkyl halides is 2. The average Bonchev–Trinajstić information content (AvgIpc) is 3.27. The molecule has 2 saturated heterocycles. The largest absolute Gasteiger partial charge is 0.445 e. The molecule has 1 unspecified atom stereocenters. The number of benzene rings is 1. The zero-order valence-electron chi connectivity index (χ0n) is 24.1. The van der Waals surface area contributed by atoms with Crippen LogP contribution in [0.1, 0.15) is 46.1 Å². The Morgan fingerprint density at radius 3 is 2.50 bits per heavy atom. The van der Waals surface area contributed by atoms with Crippen molar-refractivity contribution >= 4 is 47.0 Å². The van der Waals surface area contributed by atoms with Crippen molar-refractivity contribution in [2.75, 3.05) is 13.1 Å². The number of hydrogen-bond acceptors (Lipinski definition) is 7. The minimum absolute atomic E-state index is 0.00341. The molecule has 0 aromatic heterocycles. The molecule has 0 spiro atoms. The molecule has 13 heteroatoms. The van der Waals surface area contributed by atoms with Gasteiger partial charge in [-0.15, -0.1) is 23.2 Å². The number of piperidine rings is 1. The molecule has 228 valence electrons. The van der Waals surface area contributed by atoms with E-state index in [2.05, 4.69) is 16.0 Å². The number of alkyl carbamates (subject to hydrolysis) is 1. The van der Waals surface area contributed by atoms with Crippen molar-refractivity contribution in [1.29, 1.82) is 5.26 Å². The van der Waals surface area contributed by atoms with Crippen molar-refractivity contribution in [3.8, 4) is 6.07 Å². The van der Waals surface area contributed by atoms with Gasteiger partial charge in [-0.3, -0.25) is 14.4 Å². The van der Waals surface area contributed by atoms with Gasteiger partial charge in [0, 0.05) is 30.8 Å². The molecule has 1 aromatic carbocycles. The number of nitrogens with one attached hydrogen (secondary N) is 3. The topological polar surface area (TPSA) is 150 Å². The van der Waals surface area contributed by atoms with Crippen molar-refractivity contribution in [3.63, 3.8) is 0 Å². The van der Waals surface area contributed by atoms with Gasteiger partial charge in [0.25, 0.3) is 0 Å². The average molecular weight is 623 g/mol. The van der Waals surface area contributed by atoms with E-state index in [1.807, 2.05) is 45.0 Å². The Morgan fingerprint density at radius 1 is 1.21 bits per heavy atom. The first-order valence-electron chi connectivity index (χ1n) is 14.0. The molecule has 3 aliphatic rings. The van der Waals surface area contributed by atoms with Gasteiger partial charge in [-0.2, -0.15) is 5.26 Å². The number of carbonyl (C=O) groups is 4. The fraction of sp³-hybridized carbons (Fsp3) is 0.621. The second-order valence-corrected chi connectivity index (χ2v) is 13.5. The van der Waals surface area contributed by atoms with Crippen molar-refractivity contribution in [1.82, 2.24) is 20.9 Å². The predicted molar refractivity (Wildman–Crippen MR) is 154 cm³/mol. The fourth-order valence-corrected chi connectivity index (χ4v) is 6.59. The van der Waals surface area contributed by atoms with Crippen LogP contribution in [-0.2, 0) is 30.5 Å². The molecule has 4 rings (SSSR count). The first-order chi connectivity index (χ1) is 19.7. The molecule has 7 atom stereocenters. The van der Waals surface area contributed by atoms with Crippen LogP contribution in [0.3, 0.4) is 0 Å². The van der Waals surface area contributed by atoms with Crippen LogP contribution < -0.4 is 16.0 Å². The number of carbonyl (C=O) groups excluding carboxylic acids is 4. The highest BCUT2D eigenvalue weighted by atomic mass is 35.5. The number of nitrogens with zero attached hydrogens (tertiary/aromatic N) is 2. The van der Waals surface area contributed by atoms with E-state index in [1.165, 1.54) is 4.90 Å². The molecule has 0 radical (unpaired) electrons.